The highest BCUT2D eigenvalue weighted by atomic mass is 35.5. The first-order chi connectivity index (χ1) is 9.56. The summed E-state index contributed by atoms with van der Waals surface area (Å²) in [6, 6.07) is 6.05. The minimum Gasteiger partial charge on any atom is -0.477 e. The summed E-state index contributed by atoms with van der Waals surface area (Å²) in [6.45, 7) is 0. The van der Waals surface area contributed by atoms with Gasteiger partial charge < -0.3 is 10.0 Å². The molecule has 1 aromatic carbocycles. The summed E-state index contributed by atoms with van der Waals surface area (Å²) >= 11 is 7.47. The number of rotatable bonds is 4. The summed E-state index contributed by atoms with van der Waals surface area (Å²) < 4.78 is 0. The van der Waals surface area contributed by atoms with Gasteiger partial charge in [0.05, 0.1) is 16.9 Å². The van der Waals surface area contributed by atoms with Crippen LogP contribution in [0.25, 0.3) is 0 Å². The lowest BCUT2D eigenvalue weighted by atomic mass is 10.1. The molecule has 2 aromatic rings. The van der Waals surface area contributed by atoms with Crippen LogP contribution in [0.4, 0.5) is 10.8 Å². The van der Waals surface area contributed by atoms with E-state index in [1.165, 1.54) is 24.6 Å². The minimum atomic E-state index is -0.961. The van der Waals surface area contributed by atoms with Crippen molar-refractivity contribution in [3.05, 3.63) is 39.9 Å². The van der Waals surface area contributed by atoms with Gasteiger partial charge in [-0.05, 0) is 36.5 Å². The van der Waals surface area contributed by atoms with Gasteiger partial charge >= 0.3 is 5.97 Å². The molecule has 1 aliphatic carbocycles. The van der Waals surface area contributed by atoms with Crippen molar-refractivity contribution in [2.24, 2.45) is 0 Å². The van der Waals surface area contributed by atoms with Crippen LogP contribution in [0.3, 0.4) is 0 Å². The number of aromatic nitrogens is 1. The van der Waals surface area contributed by atoms with Gasteiger partial charge in [0, 0.05) is 7.05 Å². The van der Waals surface area contributed by atoms with Crippen LogP contribution >= 0.6 is 22.9 Å². The zero-order valence-corrected chi connectivity index (χ0v) is 12.4. The smallest absolute Gasteiger partial charge is 0.347 e. The van der Waals surface area contributed by atoms with Gasteiger partial charge in [0.1, 0.15) is 4.88 Å². The average molecular weight is 309 g/mol. The molecular weight excluding hydrogens is 296 g/mol. The van der Waals surface area contributed by atoms with Crippen LogP contribution in [0.15, 0.2) is 24.4 Å². The lowest BCUT2D eigenvalue weighted by Crippen LogP contribution is -2.09. The molecule has 0 saturated heterocycles. The van der Waals surface area contributed by atoms with Crippen LogP contribution in [-0.2, 0) is 0 Å². The van der Waals surface area contributed by atoms with Crippen LogP contribution in [0.2, 0.25) is 5.02 Å². The van der Waals surface area contributed by atoms with Crippen LogP contribution in [0, 0.1) is 0 Å². The van der Waals surface area contributed by atoms with Crippen LogP contribution in [-0.4, -0.2) is 23.1 Å². The third kappa shape index (κ3) is 2.51. The Hall–Kier alpha value is -1.59. The van der Waals surface area contributed by atoms with Crippen LogP contribution in [0.5, 0.6) is 0 Å². The first-order valence-electron chi connectivity index (χ1n) is 6.28. The van der Waals surface area contributed by atoms with Gasteiger partial charge in [0.25, 0.3) is 0 Å². The second-order valence-corrected chi connectivity index (χ2v) is 6.27. The van der Waals surface area contributed by atoms with Gasteiger partial charge in [-0.3, -0.25) is 0 Å². The van der Waals surface area contributed by atoms with E-state index < -0.39 is 5.97 Å². The average Bonchev–Trinajstić information content (AvgIpc) is 3.14. The van der Waals surface area contributed by atoms with E-state index in [9.17, 15) is 4.79 Å². The fraction of sp³-hybridized carbons (Fsp3) is 0.286. The highest BCUT2D eigenvalue weighted by molar-refractivity contribution is 7.17. The standard InChI is InChI=1S/C14H13ClN2O2S/c1-17(14-16-7-12(20-14)13(18)19)11-5-4-9(6-10(11)15)8-2-3-8/h4-8H,2-3H2,1H3,(H,18,19). The topological polar surface area (TPSA) is 53.4 Å². The number of thiazole rings is 1. The molecule has 1 aromatic heterocycles. The molecule has 0 atom stereocenters. The number of hydrogen-bond acceptors (Lipinski definition) is 4. The van der Waals surface area contributed by atoms with E-state index in [4.69, 9.17) is 16.7 Å². The second-order valence-electron chi connectivity index (χ2n) is 4.86. The highest BCUT2D eigenvalue weighted by Gasteiger charge is 2.24. The molecule has 4 nitrogen and oxygen atoms in total. The molecule has 0 amide bonds. The molecule has 0 unspecified atom stereocenters. The third-order valence-electron chi connectivity index (χ3n) is 3.37. The van der Waals surface area contributed by atoms with Crippen molar-refractivity contribution in [3.8, 4) is 0 Å². The van der Waals surface area contributed by atoms with E-state index in [1.54, 1.807) is 0 Å². The number of aromatic carboxylic acids is 1. The number of nitrogens with zero attached hydrogens (tertiary/aromatic N) is 2. The molecular formula is C14H13ClN2O2S. The molecule has 1 aliphatic rings. The zero-order valence-electron chi connectivity index (χ0n) is 10.8. The van der Waals surface area contributed by atoms with E-state index in [0.29, 0.717) is 16.1 Å². The van der Waals surface area contributed by atoms with E-state index in [0.717, 1.165) is 17.0 Å². The van der Waals surface area contributed by atoms with Gasteiger partial charge in [-0.15, -0.1) is 0 Å². The number of benzene rings is 1. The number of anilines is 2. The SMILES string of the molecule is CN(c1ncc(C(=O)O)s1)c1ccc(C2CC2)cc1Cl. The fourth-order valence-corrected chi connectivity index (χ4v) is 3.13. The van der Waals surface area contributed by atoms with Crippen molar-refractivity contribution >= 4 is 39.7 Å². The lowest BCUT2D eigenvalue weighted by molar-refractivity contribution is 0.0702. The Balaban J connectivity index is 1.88. The molecule has 0 aliphatic heterocycles. The van der Waals surface area contributed by atoms with Crippen molar-refractivity contribution in [1.29, 1.82) is 0 Å². The molecule has 6 heteroatoms. The Kier molecular flexibility index (Phi) is 3.40. The van der Waals surface area contributed by atoms with Crippen molar-refractivity contribution in [3.63, 3.8) is 0 Å². The Morgan fingerprint density at radius 1 is 1.50 bits per heavy atom. The molecule has 0 spiro atoms. The monoisotopic (exact) mass is 308 g/mol. The molecule has 20 heavy (non-hydrogen) atoms. The van der Waals surface area contributed by atoms with Gasteiger partial charge in [0.2, 0.25) is 0 Å². The van der Waals surface area contributed by atoms with Gasteiger partial charge in [-0.1, -0.05) is 29.0 Å². The molecule has 1 heterocycles. The summed E-state index contributed by atoms with van der Waals surface area (Å²) in [4.78, 5) is 17.1. The minimum absolute atomic E-state index is 0.220. The lowest BCUT2D eigenvalue weighted by Gasteiger charge is -2.18. The first-order valence-corrected chi connectivity index (χ1v) is 7.48. The maximum atomic E-state index is 10.9. The number of carboxylic acids is 1. The number of halogens is 1. The summed E-state index contributed by atoms with van der Waals surface area (Å²) in [5.41, 5.74) is 2.11. The predicted octanol–water partition coefficient (Wildman–Crippen LogP) is 4.14. The number of hydrogen-bond donors (Lipinski definition) is 1. The maximum absolute atomic E-state index is 10.9. The van der Waals surface area contributed by atoms with E-state index >= 15 is 0 Å². The van der Waals surface area contributed by atoms with E-state index in [1.807, 2.05) is 24.1 Å². The third-order valence-corrected chi connectivity index (χ3v) is 4.74. The Labute approximate surface area is 125 Å². The summed E-state index contributed by atoms with van der Waals surface area (Å²) in [6.07, 6.45) is 3.84. The van der Waals surface area contributed by atoms with Gasteiger partial charge in [0.15, 0.2) is 5.13 Å². The fourth-order valence-electron chi connectivity index (χ4n) is 2.09. The van der Waals surface area contributed by atoms with Crippen LogP contribution in [0.1, 0.15) is 34.0 Å². The predicted molar refractivity (Wildman–Crippen MR) is 80.6 cm³/mol. The van der Waals surface area contributed by atoms with Gasteiger partial charge in [-0.2, -0.15) is 0 Å². The highest BCUT2D eigenvalue weighted by Crippen LogP contribution is 2.43. The molecule has 104 valence electrons. The summed E-state index contributed by atoms with van der Waals surface area (Å²) in [5, 5.41) is 10.2. The molecule has 0 radical (unpaired) electrons. The number of carboxylic acid groups (broad SMARTS) is 1. The Bertz CT molecular complexity index is 667. The summed E-state index contributed by atoms with van der Waals surface area (Å²) in [7, 11) is 1.84. The van der Waals surface area contributed by atoms with E-state index in [2.05, 4.69) is 11.1 Å². The van der Waals surface area contributed by atoms with Crippen LogP contribution < -0.4 is 4.90 Å². The molecule has 1 N–H and O–H groups in total. The second kappa shape index (κ2) is 5.07. The van der Waals surface area contributed by atoms with Crippen molar-refractivity contribution < 1.29 is 9.90 Å². The summed E-state index contributed by atoms with van der Waals surface area (Å²) in [5.74, 6) is -0.303. The normalized spacial score (nSPS) is 14.3. The van der Waals surface area contributed by atoms with E-state index in [-0.39, 0.29) is 4.88 Å². The Morgan fingerprint density at radius 2 is 2.25 bits per heavy atom. The molecule has 1 fully saturated rings. The van der Waals surface area contributed by atoms with Crippen molar-refractivity contribution in [1.82, 2.24) is 4.98 Å². The Morgan fingerprint density at radius 3 is 2.80 bits per heavy atom. The van der Waals surface area contributed by atoms with Crippen molar-refractivity contribution in [2.45, 2.75) is 18.8 Å². The molecule has 0 bridgehead atoms. The molecule has 1 saturated carbocycles. The largest absolute Gasteiger partial charge is 0.477 e. The first kappa shape index (κ1) is 13.4. The van der Waals surface area contributed by atoms with Gasteiger partial charge in [-0.25, -0.2) is 9.78 Å². The number of carbonyl (C=O) groups is 1. The van der Waals surface area contributed by atoms with Crippen molar-refractivity contribution in [2.75, 3.05) is 11.9 Å². The zero-order chi connectivity index (χ0) is 14.3. The quantitative estimate of drug-likeness (QED) is 0.922. The maximum Gasteiger partial charge on any atom is 0.347 e. The molecule has 3 rings (SSSR count).